The van der Waals surface area contributed by atoms with E-state index in [1.54, 1.807) is 35.9 Å². The van der Waals surface area contributed by atoms with Crippen LogP contribution in [0.25, 0.3) is 5.69 Å². The molecule has 0 saturated heterocycles. The van der Waals surface area contributed by atoms with Crippen molar-refractivity contribution in [3.8, 4) is 5.69 Å². The second-order valence-corrected chi connectivity index (χ2v) is 7.54. The largest absolute Gasteiger partial charge is 0.272 e. The molecule has 1 atom stereocenters. The van der Waals surface area contributed by atoms with Crippen molar-refractivity contribution in [1.29, 1.82) is 0 Å². The lowest BCUT2D eigenvalue weighted by molar-refractivity contribution is -0.121. The molecule has 0 spiro atoms. The molecule has 1 heterocycles. The molecule has 0 radical (unpaired) electrons. The first-order valence-corrected chi connectivity index (χ1v) is 9.51. The molecule has 2 N–H and O–H groups in total. The lowest BCUT2D eigenvalue weighted by Crippen LogP contribution is -2.44. The Bertz CT molecular complexity index is 989. The molecule has 0 aliphatic rings. The second kappa shape index (κ2) is 8.66. The average Bonchev–Trinajstić information content (AvgIpc) is 3.16. The molecule has 28 heavy (non-hydrogen) atoms. The highest BCUT2D eigenvalue weighted by Gasteiger charge is 2.20. The van der Waals surface area contributed by atoms with Crippen molar-refractivity contribution < 1.29 is 9.59 Å². The number of thioether (sulfide) groups is 1. The molecule has 1 aromatic heterocycles. The summed E-state index contributed by atoms with van der Waals surface area (Å²) >= 11 is 1.21. The van der Waals surface area contributed by atoms with Crippen LogP contribution in [0.15, 0.2) is 53.7 Å². The van der Waals surface area contributed by atoms with Crippen LogP contribution >= 0.6 is 11.8 Å². The minimum Gasteiger partial charge on any atom is -0.272 e. The molecule has 0 bridgehead atoms. The summed E-state index contributed by atoms with van der Waals surface area (Å²) in [4.78, 5) is 24.4. The third-order valence-electron chi connectivity index (χ3n) is 4.02. The van der Waals surface area contributed by atoms with E-state index in [2.05, 4.69) is 26.4 Å². The van der Waals surface area contributed by atoms with Gasteiger partial charge in [0, 0.05) is 5.56 Å². The van der Waals surface area contributed by atoms with Crippen molar-refractivity contribution in [2.45, 2.75) is 31.2 Å². The molecular weight excluding hydrogens is 376 g/mol. The molecule has 3 rings (SSSR count). The fourth-order valence-electron chi connectivity index (χ4n) is 2.44. The first kappa shape index (κ1) is 19.6. The number of nitrogens with zero attached hydrogens (tertiary/aromatic N) is 4. The van der Waals surface area contributed by atoms with Gasteiger partial charge in [-0.1, -0.05) is 42.1 Å². The average molecular weight is 396 g/mol. The maximum atomic E-state index is 12.3. The number of carbonyl (C=O) groups excluding carboxylic acids is 2. The normalized spacial score (nSPS) is 11.7. The number of amides is 2. The number of rotatable bonds is 5. The van der Waals surface area contributed by atoms with Crippen molar-refractivity contribution >= 4 is 23.6 Å². The maximum Gasteiger partial charge on any atom is 0.269 e. The lowest BCUT2D eigenvalue weighted by atomic mass is 10.1. The van der Waals surface area contributed by atoms with Gasteiger partial charge in [-0.2, -0.15) is 4.68 Å². The summed E-state index contributed by atoms with van der Waals surface area (Å²) in [5.41, 5.74) is 8.27. The predicted molar refractivity (Wildman–Crippen MR) is 106 cm³/mol. The summed E-state index contributed by atoms with van der Waals surface area (Å²) in [5, 5.41) is 11.8. The molecule has 2 amide bonds. The van der Waals surface area contributed by atoms with Gasteiger partial charge in [0.15, 0.2) is 0 Å². The number of aryl methyl sites for hydroxylation is 2. The molecule has 9 heteroatoms. The maximum absolute atomic E-state index is 12.3. The molecule has 0 fully saturated rings. The van der Waals surface area contributed by atoms with E-state index >= 15 is 0 Å². The van der Waals surface area contributed by atoms with Crippen LogP contribution in [0.3, 0.4) is 0 Å². The van der Waals surface area contributed by atoms with Gasteiger partial charge >= 0.3 is 0 Å². The zero-order valence-corrected chi connectivity index (χ0v) is 16.5. The number of hydrogen-bond acceptors (Lipinski definition) is 6. The van der Waals surface area contributed by atoms with Crippen molar-refractivity contribution in [3.05, 3.63) is 65.2 Å². The van der Waals surface area contributed by atoms with Gasteiger partial charge in [-0.15, -0.1) is 5.10 Å². The van der Waals surface area contributed by atoms with Crippen LogP contribution < -0.4 is 10.9 Å². The predicted octanol–water partition coefficient (Wildman–Crippen LogP) is 2.22. The van der Waals surface area contributed by atoms with Gasteiger partial charge in [0.2, 0.25) is 5.16 Å². The molecule has 0 saturated carbocycles. The lowest BCUT2D eigenvalue weighted by Gasteiger charge is -2.13. The van der Waals surface area contributed by atoms with Gasteiger partial charge in [-0.05, 0) is 60.5 Å². The first-order chi connectivity index (χ1) is 13.5. The Morgan fingerprint density at radius 3 is 2.57 bits per heavy atom. The van der Waals surface area contributed by atoms with Crippen molar-refractivity contribution in [2.24, 2.45) is 0 Å². The Morgan fingerprint density at radius 2 is 1.82 bits per heavy atom. The van der Waals surface area contributed by atoms with Gasteiger partial charge in [-0.3, -0.25) is 20.4 Å². The Balaban J connectivity index is 1.64. The summed E-state index contributed by atoms with van der Waals surface area (Å²) in [6.07, 6.45) is 0. The molecule has 0 unspecified atom stereocenters. The minimum absolute atomic E-state index is 0.357. The van der Waals surface area contributed by atoms with Gasteiger partial charge in [-0.25, -0.2) is 0 Å². The monoisotopic (exact) mass is 396 g/mol. The van der Waals surface area contributed by atoms with Gasteiger partial charge < -0.3 is 0 Å². The van der Waals surface area contributed by atoms with Crippen molar-refractivity contribution in [3.63, 3.8) is 0 Å². The number of aromatic nitrogens is 4. The van der Waals surface area contributed by atoms with Crippen molar-refractivity contribution in [1.82, 2.24) is 31.1 Å². The Hall–Kier alpha value is -3.20. The van der Waals surface area contributed by atoms with Crippen LogP contribution in [0.1, 0.15) is 28.4 Å². The summed E-state index contributed by atoms with van der Waals surface area (Å²) < 4.78 is 1.61. The van der Waals surface area contributed by atoms with Crippen LogP contribution in [0.5, 0.6) is 0 Å². The smallest absolute Gasteiger partial charge is 0.269 e. The number of hydrazine groups is 1. The van der Waals surface area contributed by atoms with Gasteiger partial charge in [0.05, 0.1) is 10.9 Å². The number of hydrogen-bond donors (Lipinski definition) is 2. The minimum atomic E-state index is -0.522. The molecular formula is C19H20N6O2S. The Labute approximate surface area is 166 Å². The topological polar surface area (TPSA) is 102 Å². The highest BCUT2D eigenvalue weighted by Crippen LogP contribution is 2.24. The molecule has 144 valence electrons. The van der Waals surface area contributed by atoms with E-state index < -0.39 is 5.25 Å². The van der Waals surface area contributed by atoms with E-state index in [0.717, 1.165) is 16.8 Å². The second-order valence-electron chi connectivity index (χ2n) is 6.23. The summed E-state index contributed by atoms with van der Waals surface area (Å²) in [5.74, 6) is -0.740. The number of tetrazole rings is 1. The van der Waals surface area contributed by atoms with E-state index in [1.165, 1.54) is 11.8 Å². The van der Waals surface area contributed by atoms with E-state index in [0.29, 0.717) is 10.7 Å². The third-order valence-corrected chi connectivity index (χ3v) is 5.05. The summed E-state index contributed by atoms with van der Waals surface area (Å²) in [6, 6.07) is 14.6. The zero-order chi connectivity index (χ0) is 20.1. The zero-order valence-electron chi connectivity index (χ0n) is 15.7. The highest BCUT2D eigenvalue weighted by molar-refractivity contribution is 8.00. The molecule has 8 nitrogen and oxygen atoms in total. The van der Waals surface area contributed by atoms with E-state index in [-0.39, 0.29) is 11.8 Å². The summed E-state index contributed by atoms with van der Waals surface area (Å²) in [6.45, 7) is 5.68. The SMILES string of the molecule is Cc1ccc(C)c(-n2nnnc2S[C@H](C)C(=O)NNC(=O)c2ccccc2)c1. The molecule has 0 aliphatic heterocycles. The van der Waals surface area contributed by atoms with E-state index in [1.807, 2.05) is 38.1 Å². The summed E-state index contributed by atoms with van der Waals surface area (Å²) in [7, 11) is 0. The first-order valence-electron chi connectivity index (χ1n) is 8.63. The van der Waals surface area contributed by atoms with Gasteiger partial charge in [0.1, 0.15) is 0 Å². The fourth-order valence-corrected chi connectivity index (χ4v) is 3.25. The van der Waals surface area contributed by atoms with Crippen LogP contribution in [-0.4, -0.2) is 37.3 Å². The molecule has 0 aliphatic carbocycles. The Morgan fingerprint density at radius 1 is 1.07 bits per heavy atom. The molecule has 3 aromatic rings. The van der Waals surface area contributed by atoms with E-state index in [4.69, 9.17) is 0 Å². The van der Waals surface area contributed by atoms with Crippen LogP contribution in [-0.2, 0) is 4.79 Å². The number of benzene rings is 2. The number of nitrogens with one attached hydrogen (secondary N) is 2. The number of carbonyl (C=O) groups is 2. The highest BCUT2D eigenvalue weighted by atomic mass is 32.2. The van der Waals surface area contributed by atoms with Crippen LogP contribution in [0.4, 0.5) is 0 Å². The van der Waals surface area contributed by atoms with Crippen LogP contribution in [0, 0.1) is 13.8 Å². The fraction of sp³-hybridized carbons (Fsp3) is 0.211. The standard InChI is InChI=1S/C19H20N6O2S/c1-12-9-10-13(2)16(11-12)25-19(22-23-24-25)28-14(3)17(26)20-21-18(27)15-7-5-4-6-8-15/h4-11,14H,1-3H3,(H,20,26)(H,21,27)/t14-/m1/s1. The quantitative estimate of drug-likeness (QED) is 0.506. The third kappa shape index (κ3) is 4.55. The van der Waals surface area contributed by atoms with Crippen molar-refractivity contribution in [2.75, 3.05) is 0 Å². The van der Waals surface area contributed by atoms with Gasteiger partial charge in [0.25, 0.3) is 11.8 Å². The Kier molecular flexibility index (Phi) is 6.05. The van der Waals surface area contributed by atoms with E-state index in [9.17, 15) is 9.59 Å². The molecule has 2 aromatic carbocycles. The van der Waals surface area contributed by atoms with Crippen LogP contribution in [0.2, 0.25) is 0 Å².